The molecular formula is C13H27N3O. The molecule has 0 saturated carbocycles. The van der Waals surface area contributed by atoms with E-state index in [1.165, 1.54) is 12.8 Å². The van der Waals surface area contributed by atoms with Crippen molar-refractivity contribution in [3.63, 3.8) is 0 Å². The fraction of sp³-hybridized carbons (Fsp3) is 0.923. The minimum absolute atomic E-state index is 0.156. The zero-order valence-corrected chi connectivity index (χ0v) is 11.1. The molecule has 1 atom stereocenters. The Kier molecular flexibility index (Phi) is 7.21. The Morgan fingerprint density at radius 1 is 1.41 bits per heavy atom. The van der Waals surface area contributed by atoms with Crippen LogP contribution < -0.4 is 11.1 Å². The summed E-state index contributed by atoms with van der Waals surface area (Å²) in [5, 5.41) is 3.03. The molecule has 0 radical (unpaired) electrons. The molecule has 4 nitrogen and oxygen atoms in total. The summed E-state index contributed by atoms with van der Waals surface area (Å²) < 4.78 is 0. The van der Waals surface area contributed by atoms with Gasteiger partial charge in [0.1, 0.15) is 0 Å². The second kappa shape index (κ2) is 8.48. The van der Waals surface area contributed by atoms with Crippen LogP contribution in [0.1, 0.15) is 45.4 Å². The Morgan fingerprint density at radius 3 is 2.71 bits per heavy atom. The van der Waals surface area contributed by atoms with Gasteiger partial charge in [-0.3, -0.25) is 4.79 Å². The lowest BCUT2D eigenvalue weighted by Crippen LogP contribution is -2.41. The maximum atomic E-state index is 11.7. The second-order valence-electron chi connectivity index (χ2n) is 4.94. The van der Waals surface area contributed by atoms with Crippen molar-refractivity contribution >= 4 is 5.91 Å². The van der Waals surface area contributed by atoms with Crippen LogP contribution in [0.5, 0.6) is 0 Å². The molecule has 0 aromatic rings. The molecule has 100 valence electrons. The smallest absolute Gasteiger partial charge is 0.221 e. The van der Waals surface area contributed by atoms with Crippen molar-refractivity contribution in [2.45, 2.75) is 51.5 Å². The summed E-state index contributed by atoms with van der Waals surface area (Å²) in [7, 11) is 0. The van der Waals surface area contributed by atoms with Gasteiger partial charge in [-0.05, 0) is 32.4 Å². The number of unbranched alkanes of at least 4 members (excludes halogenated alkanes) is 1. The first-order valence-corrected chi connectivity index (χ1v) is 6.98. The highest BCUT2D eigenvalue weighted by Gasteiger charge is 2.14. The first-order chi connectivity index (χ1) is 8.26. The van der Waals surface area contributed by atoms with E-state index in [2.05, 4.69) is 17.1 Å². The number of carbonyl (C=O) groups excluding carboxylic acids is 1. The molecular weight excluding hydrogens is 214 g/mol. The van der Waals surface area contributed by atoms with Gasteiger partial charge in [0.15, 0.2) is 0 Å². The van der Waals surface area contributed by atoms with Crippen molar-refractivity contribution < 1.29 is 4.79 Å². The van der Waals surface area contributed by atoms with E-state index in [4.69, 9.17) is 5.73 Å². The number of hydrogen-bond donors (Lipinski definition) is 2. The molecule has 1 fully saturated rings. The predicted octanol–water partition coefficient (Wildman–Crippen LogP) is 1.11. The normalized spacial score (nSPS) is 18.2. The maximum Gasteiger partial charge on any atom is 0.221 e. The van der Waals surface area contributed by atoms with Gasteiger partial charge < -0.3 is 16.0 Å². The largest absolute Gasteiger partial charge is 0.352 e. The standard InChI is InChI=1S/C13H27N3O/c1-2-3-6-12(11-14)15-13(17)7-10-16-8-4-5-9-16/h12H,2-11,14H2,1H3,(H,15,17). The third kappa shape index (κ3) is 6.03. The molecule has 3 N–H and O–H groups in total. The van der Waals surface area contributed by atoms with Gasteiger partial charge in [-0.25, -0.2) is 0 Å². The number of hydrogen-bond acceptors (Lipinski definition) is 3. The van der Waals surface area contributed by atoms with E-state index in [1.807, 2.05) is 0 Å². The summed E-state index contributed by atoms with van der Waals surface area (Å²) in [5.41, 5.74) is 5.66. The molecule has 4 heteroatoms. The fourth-order valence-corrected chi connectivity index (χ4v) is 2.27. The SMILES string of the molecule is CCCCC(CN)NC(=O)CCN1CCCC1. The van der Waals surface area contributed by atoms with Crippen molar-refractivity contribution in [1.82, 2.24) is 10.2 Å². The molecule has 1 rings (SSSR count). The lowest BCUT2D eigenvalue weighted by atomic mass is 10.1. The molecule has 1 unspecified atom stereocenters. The quantitative estimate of drug-likeness (QED) is 0.669. The van der Waals surface area contributed by atoms with Crippen LogP contribution in [-0.4, -0.2) is 43.0 Å². The zero-order chi connectivity index (χ0) is 12.5. The van der Waals surface area contributed by atoms with Crippen LogP contribution in [0.4, 0.5) is 0 Å². The molecule has 0 bridgehead atoms. The number of nitrogens with two attached hydrogens (primary N) is 1. The number of carbonyl (C=O) groups is 1. The molecule has 1 aliphatic heterocycles. The van der Waals surface area contributed by atoms with E-state index in [0.717, 1.165) is 38.9 Å². The van der Waals surface area contributed by atoms with Crippen molar-refractivity contribution in [3.05, 3.63) is 0 Å². The summed E-state index contributed by atoms with van der Waals surface area (Å²) in [5.74, 6) is 0.156. The Morgan fingerprint density at radius 2 is 2.12 bits per heavy atom. The van der Waals surface area contributed by atoms with Crippen LogP contribution in [0.3, 0.4) is 0 Å². The van der Waals surface area contributed by atoms with Gasteiger partial charge >= 0.3 is 0 Å². The van der Waals surface area contributed by atoms with Gasteiger partial charge in [-0.2, -0.15) is 0 Å². The second-order valence-corrected chi connectivity index (χ2v) is 4.94. The lowest BCUT2D eigenvalue weighted by molar-refractivity contribution is -0.122. The van der Waals surface area contributed by atoms with Crippen LogP contribution in [0.15, 0.2) is 0 Å². The highest BCUT2D eigenvalue weighted by molar-refractivity contribution is 5.76. The molecule has 0 aliphatic carbocycles. The number of rotatable bonds is 8. The minimum atomic E-state index is 0.156. The third-order valence-electron chi connectivity index (χ3n) is 3.41. The summed E-state index contributed by atoms with van der Waals surface area (Å²) in [6, 6.07) is 0.168. The Bertz CT molecular complexity index is 215. The zero-order valence-electron chi connectivity index (χ0n) is 11.1. The van der Waals surface area contributed by atoms with E-state index in [9.17, 15) is 4.79 Å². The minimum Gasteiger partial charge on any atom is -0.352 e. The Hall–Kier alpha value is -0.610. The van der Waals surface area contributed by atoms with Crippen LogP contribution in [0, 0.1) is 0 Å². The molecule has 17 heavy (non-hydrogen) atoms. The lowest BCUT2D eigenvalue weighted by Gasteiger charge is -2.18. The highest BCUT2D eigenvalue weighted by Crippen LogP contribution is 2.07. The average molecular weight is 241 g/mol. The van der Waals surface area contributed by atoms with E-state index in [-0.39, 0.29) is 11.9 Å². The number of likely N-dealkylation sites (tertiary alicyclic amines) is 1. The van der Waals surface area contributed by atoms with Crippen molar-refractivity contribution in [2.24, 2.45) is 5.73 Å². The average Bonchev–Trinajstić information content (AvgIpc) is 2.85. The van der Waals surface area contributed by atoms with Gasteiger partial charge in [0.05, 0.1) is 0 Å². The number of nitrogens with zero attached hydrogens (tertiary/aromatic N) is 1. The fourth-order valence-electron chi connectivity index (χ4n) is 2.27. The first-order valence-electron chi connectivity index (χ1n) is 6.98. The van der Waals surface area contributed by atoms with Gasteiger partial charge in [-0.1, -0.05) is 19.8 Å². The molecule has 1 amide bonds. The van der Waals surface area contributed by atoms with Crippen LogP contribution in [0.25, 0.3) is 0 Å². The van der Waals surface area contributed by atoms with Crippen LogP contribution in [-0.2, 0) is 4.79 Å². The summed E-state index contributed by atoms with van der Waals surface area (Å²) >= 11 is 0. The van der Waals surface area contributed by atoms with Crippen LogP contribution in [0.2, 0.25) is 0 Å². The van der Waals surface area contributed by atoms with E-state index >= 15 is 0 Å². The molecule has 1 aliphatic rings. The van der Waals surface area contributed by atoms with Crippen LogP contribution >= 0.6 is 0 Å². The number of amides is 1. The third-order valence-corrected chi connectivity index (χ3v) is 3.41. The van der Waals surface area contributed by atoms with Crippen molar-refractivity contribution in [3.8, 4) is 0 Å². The van der Waals surface area contributed by atoms with Gasteiger partial charge in [0.2, 0.25) is 5.91 Å². The summed E-state index contributed by atoms with van der Waals surface area (Å²) in [6.45, 7) is 5.92. The molecule has 0 aromatic carbocycles. The Balaban J connectivity index is 2.12. The van der Waals surface area contributed by atoms with Crippen molar-refractivity contribution in [1.29, 1.82) is 0 Å². The molecule has 0 spiro atoms. The summed E-state index contributed by atoms with van der Waals surface area (Å²) in [4.78, 5) is 14.1. The van der Waals surface area contributed by atoms with E-state index < -0.39 is 0 Å². The molecule has 1 saturated heterocycles. The van der Waals surface area contributed by atoms with E-state index in [0.29, 0.717) is 13.0 Å². The predicted molar refractivity (Wildman–Crippen MR) is 70.8 cm³/mol. The monoisotopic (exact) mass is 241 g/mol. The molecule has 1 heterocycles. The van der Waals surface area contributed by atoms with Gasteiger partial charge in [-0.15, -0.1) is 0 Å². The van der Waals surface area contributed by atoms with Crippen molar-refractivity contribution in [2.75, 3.05) is 26.2 Å². The van der Waals surface area contributed by atoms with E-state index in [1.54, 1.807) is 0 Å². The first kappa shape index (κ1) is 14.5. The number of nitrogens with one attached hydrogen (secondary N) is 1. The topological polar surface area (TPSA) is 58.4 Å². The molecule has 0 aromatic heterocycles. The maximum absolute atomic E-state index is 11.7. The Labute approximate surface area is 105 Å². The summed E-state index contributed by atoms with van der Waals surface area (Å²) in [6.07, 6.45) is 6.46. The highest BCUT2D eigenvalue weighted by atomic mass is 16.1. The van der Waals surface area contributed by atoms with Gasteiger partial charge in [0.25, 0.3) is 0 Å². The van der Waals surface area contributed by atoms with Gasteiger partial charge in [0, 0.05) is 25.6 Å².